The lowest BCUT2D eigenvalue weighted by Crippen LogP contribution is -2.40. The van der Waals surface area contributed by atoms with E-state index in [1.54, 1.807) is 0 Å². The molecule has 6 heterocycles. The summed E-state index contributed by atoms with van der Waals surface area (Å²) in [6.07, 6.45) is 33.0. The van der Waals surface area contributed by atoms with E-state index in [1.165, 1.54) is 220 Å². The highest BCUT2D eigenvalue weighted by atomic mass is 15.2. The van der Waals surface area contributed by atoms with Crippen molar-refractivity contribution < 1.29 is 0 Å². The van der Waals surface area contributed by atoms with Gasteiger partial charge in [-0.3, -0.25) is 0 Å². The van der Waals surface area contributed by atoms with Gasteiger partial charge >= 0.3 is 0 Å². The molecule has 12 aliphatic rings. The van der Waals surface area contributed by atoms with Gasteiger partial charge in [-0.1, -0.05) is 137 Å². The second-order valence-electron chi connectivity index (χ2n) is 37.7. The Kier molecular flexibility index (Phi) is 40.6. The summed E-state index contributed by atoms with van der Waals surface area (Å²) in [6.45, 7) is 83.2. The van der Waals surface area contributed by atoms with Crippen LogP contribution in [-0.4, -0.2) is 144 Å². The number of rotatable bonds is 6. The highest BCUT2D eigenvalue weighted by Gasteiger charge is 2.50. The second kappa shape index (κ2) is 41.7. The topological polar surface area (TPSA) is 19.4 Å². The first kappa shape index (κ1) is 85.8. The van der Waals surface area contributed by atoms with Crippen LogP contribution in [0.25, 0.3) is 0 Å². The van der Waals surface area contributed by atoms with E-state index in [0.717, 1.165) is 104 Å². The Balaban J connectivity index is 0.000000493. The molecule has 6 saturated carbocycles. The maximum Gasteiger partial charge on any atom is 0.00412 e. The van der Waals surface area contributed by atoms with Gasteiger partial charge in [-0.05, 0) is 325 Å². The fourth-order valence-electron chi connectivity index (χ4n) is 13.4. The van der Waals surface area contributed by atoms with Gasteiger partial charge in [-0.25, -0.2) is 0 Å². The third-order valence-corrected chi connectivity index (χ3v) is 20.5. The Morgan fingerprint density at radius 1 is 0.159 bits per heavy atom. The predicted octanol–water partition coefficient (Wildman–Crippen LogP) is 22.8. The molecule has 0 bridgehead atoms. The minimum absolute atomic E-state index is 0.770. The summed E-state index contributed by atoms with van der Waals surface area (Å²) in [6, 6.07) is 4.64. The van der Waals surface area contributed by atoms with Crippen LogP contribution < -0.4 is 0 Å². The molecule has 6 nitrogen and oxygen atoms in total. The Morgan fingerprint density at radius 2 is 0.307 bits per heavy atom. The van der Waals surface area contributed by atoms with Crippen LogP contribution >= 0.6 is 0 Å². The van der Waals surface area contributed by atoms with Gasteiger partial charge in [-0.2, -0.15) is 0 Å². The molecule has 6 saturated heterocycles. The van der Waals surface area contributed by atoms with Crippen LogP contribution in [0.3, 0.4) is 0 Å². The van der Waals surface area contributed by atoms with E-state index >= 15 is 0 Å². The lowest BCUT2D eigenvalue weighted by Gasteiger charge is -2.38. The maximum absolute atomic E-state index is 2.65. The van der Waals surface area contributed by atoms with E-state index in [4.69, 9.17) is 0 Å². The number of nitrogens with zero attached hydrogens (tertiary/aromatic N) is 6. The molecule has 0 aromatic heterocycles. The number of likely N-dealkylation sites (tertiary alicyclic amines) is 6. The number of hydrogen-bond acceptors (Lipinski definition) is 6. The van der Waals surface area contributed by atoms with Crippen LogP contribution in [0.5, 0.6) is 0 Å². The molecular weight excluding hydrogens is 1070 g/mol. The molecule has 0 aromatic carbocycles. The highest BCUT2D eigenvalue weighted by Crippen LogP contribution is 2.56. The first-order valence-electron chi connectivity index (χ1n) is 39.1. The quantitative estimate of drug-likeness (QED) is 0.262. The third-order valence-electron chi connectivity index (χ3n) is 20.5. The lowest BCUT2D eigenvalue weighted by atomic mass is 9.68. The van der Waals surface area contributed by atoms with E-state index in [2.05, 4.69) is 237 Å². The summed E-state index contributed by atoms with van der Waals surface area (Å²) in [5, 5.41) is 0. The Bertz CT molecular complexity index is 1550. The van der Waals surface area contributed by atoms with Crippen LogP contribution in [0, 0.1) is 68.0 Å². The zero-order valence-corrected chi connectivity index (χ0v) is 66.7. The minimum atomic E-state index is 0.770. The van der Waals surface area contributed by atoms with Gasteiger partial charge in [0.15, 0.2) is 0 Å². The normalized spacial score (nSPS) is 24.2. The smallest absolute Gasteiger partial charge is 0.00412 e. The van der Waals surface area contributed by atoms with Crippen LogP contribution in [0.1, 0.15) is 349 Å². The molecule has 0 atom stereocenters. The Labute approximate surface area is 558 Å². The first-order chi connectivity index (χ1) is 40.7. The Morgan fingerprint density at radius 3 is 0.455 bits per heavy atom. The van der Waals surface area contributed by atoms with Crippen LogP contribution in [0.2, 0.25) is 0 Å². The predicted molar refractivity (Wildman–Crippen MR) is 399 cm³/mol. The first-order valence-corrected chi connectivity index (χ1v) is 39.1. The zero-order chi connectivity index (χ0) is 67.4. The average molecular weight is 1240 g/mol. The summed E-state index contributed by atoms with van der Waals surface area (Å²) in [5.41, 5.74) is 4.90. The zero-order valence-electron chi connectivity index (χ0n) is 66.7. The van der Waals surface area contributed by atoms with E-state index in [9.17, 15) is 0 Å². The Hall–Kier alpha value is -0.240. The SMILES string of the molecule is CC(C)C.CC(C)C.CC(C)C.CC(C)C.CC(C)C.CC(C)C.CC(C)N1CCC2(CC1)CC2.CC(C)N1CCC2(CC2)C1.CC(C)N1CCC2(CC2)C1.CC(C)N1CCC2(CCC2)C1.CC(C)N1CCC2(CCC2)C1.CC(C)N1CCCC2(CC2)C1. The molecule has 0 N–H and O–H groups in total. The van der Waals surface area contributed by atoms with E-state index < -0.39 is 0 Å². The molecule has 6 aliphatic carbocycles. The van der Waals surface area contributed by atoms with Gasteiger partial charge in [0, 0.05) is 69.0 Å². The van der Waals surface area contributed by atoms with Crippen molar-refractivity contribution in [2.75, 3.05) is 78.5 Å². The summed E-state index contributed by atoms with van der Waals surface area (Å²) >= 11 is 0. The second-order valence-corrected chi connectivity index (χ2v) is 37.7. The van der Waals surface area contributed by atoms with Crippen molar-refractivity contribution in [1.82, 2.24) is 29.4 Å². The van der Waals surface area contributed by atoms with E-state index in [0.29, 0.717) is 0 Å². The molecule has 0 aromatic rings. The van der Waals surface area contributed by atoms with Crippen molar-refractivity contribution in [3.8, 4) is 0 Å². The molecule has 6 aliphatic heterocycles. The molecule has 12 fully saturated rings. The van der Waals surface area contributed by atoms with Gasteiger partial charge in [0.1, 0.15) is 0 Å². The van der Waals surface area contributed by atoms with Crippen molar-refractivity contribution >= 4 is 0 Å². The van der Waals surface area contributed by atoms with Crippen molar-refractivity contribution in [2.24, 2.45) is 68.0 Å². The van der Waals surface area contributed by atoms with Gasteiger partial charge in [-0.15, -0.1) is 0 Å². The average Bonchev–Trinajstić information content (AvgIpc) is 4.56. The monoisotopic (exact) mass is 1240 g/mol. The number of piperidine rings is 2. The number of hydrogen-bond donors (Lipinski definition) is 0. The van der Waals surface area contributed by atoms with Crippen molar-refractivity contribution in [3.63, 3.8) is 0 Å². The molecule has 0 unspecified atom stereocenters. The third kappa shape index (κ3) is 37.7. The molecule has 6 heteroatoms. The fourth-order valence-corrected chi connectivity index (χ4v) is 13.4. The van der Waals surface area contributed by atoms with Crippen molar-refractivity contribution in [3.05, 3.63) is 0 Å². The van der Waals surface area contributed by atoms with Gasteiger partial charge < -0.3 is 29.4 Å². The summed E-state index contributed by atoms with van der Waals surface area (Å²) in [4.78, 5) is 15.8. The summed E-state index contributed by atoms with van der Waals surface area (Å²) in [5.74, 6) is 5.00. The molecule has 88 heavy (non-hydrogen) atoms. The van der Waals surface area contributed by atoms with Crippen LogP contribution in [0.15, 0.2) is 0 Å². The van der Waals surface area contributed by atoms with E-state index in [1.807, 2.05) is 0 Å². The summed E-state index contributed by atoms with van der Waals surface area (Å²) in [7, 11) is 0. The fraction of sp³-hybridized carbons (Fsp3) is 1.00. The van der Waals surface area contributed by atoms with Gasteiger partial charge in [0.2, 0.25) is 0 Å². The largest absolute Gasteiger partial charge is 0.301 e. The molecular formula is C82H170N6. The molecule has 0 amide bonds. The van der Waals surface area contributed by atoms with Crippen LogP contribution in [0.4, 0.5) is 0 Å². The molecule has 6 spiro atoms. The molecule has 528 valence electrons. The van der Waals surface area contributed by atoms with Crippen molar-refractivity contribution in [1.29, 1.82) is 0 Å². The minimum Gasteiger partial charge on any atom is -0.301 e. The van der Waals surface area contributed by atoms with E-state index in [-0.39, 0.29) is 0 Å². The molecule has 0 radical (unpaired) electrons. The van der Waals surface area contributed by atoms with Gasteiger partial charge in [0.05, 0.1) is 0 Å². The van der Waals surface area contributed by atoms with Gasteiger partial charge in [0.25, 0.3) is 0 Å². The molecule has 12 rings (SSSR count). The highest BCUT2D eigenvalue weighted by molar-refractivity contribution is 5.03. The van der Waals surface area contributed by atoms with Crippen molar-refractivity contribution in [2.45, 2.75) is 385 Å². The standard InChI is InChI=1S/4C10H19N.2C9H17N.6C4H10/c1-9(2)11-7-5-10(3-4-10)6-8-11;1-9(2)11-7-3-4-10(8-11)5-6-10;2*1-9(2)11-7-6-10(8-11)4-3-5-10;2*1-8(2)10-6-5-9(7-10)3-4-9;6*1-4(2)3/h4*9H,3-8H2,1-2H3;2*8H,3-7H2,1-2H3;6*4H,1-3H3. The summed E-state index contributed by atoms with van der Waals surface area (Å²) < 4.78 is 0. The van der Waals surface area contributed by atoms with Crippen LogP contribution in [-0.2, 0) is 0 Å². The maximum atomic E-state index is 2.65. The lowest BCUT2D eigenvalue weighted by molar-refractivity contribution is 0.128.